The molecule has 0 radical (unpaired) electrons. The molecular weight excluding hydrogens is 476 g/mol. The first kappa shape index (κ1) is 31.4. The Morgan fingerprint density at radius 2 is 1.11 bits per heavy atom. The summed E-state index contributed by atoms with van der Waals surface area (Å²) in [6.07, 6.45) is 0.418. The number of rotatable bonds is 5. The largest absolute Gasteiger partial charge is 0.507 e. The maximum atomic E-state index is 14.5. The zero-order valence-electron chi connectivity index (χ0n) is 25.8. The van der Waals surface area contributed by atoms with Gasteiger partial charge in [0.05, 0.1) is 7.11 Å². The predicted molar refractivity (Wildman–Crippen MR) is 155 cm³/mol. The van der Waals surface area contributed by atoms with Crippen LogP contribution in [0.15, 0.2) is 18.2 Å². The highest BCUT2D eigenvalue weighted by Crippen LogP contribution is 2.45. The molecule has 5 nitrogen and oxygen atoms in total. The van der Waals surface area contributed by atoms with Gasteiger partial charge < -0.3 is 14.9 Å². The molecule has 0 saturated heterocycles. The van der Waals surface area contributed by atoms with Crippen molar-refractivity contribution in [3.05, 3.63) is 57.1 Å². The molecule has 2 aromatic rings. The minimum atomic E-state index is -0.563. The van der Waals surface area contributed by atoms with Crippen molar-refractivity contribution in [1.82, 2.24) is 0 Å². The molecule has 2 aromatic carbocycles. The van der Waals surface area contributed by atoms with Crippen molar-refractivity contribution in [2.24, 2.45) is 0 Å². The molecule has 0 aliphatic heterocycles. The Bertz CT molecular complexity index is 1190. The van der Waals surface area contributed by atoms with Crippen molar-refractivity contribution in [1.29, 1.82) is 0 Å². The van der Waals surface area contributed by atoms with Crippen molar-refractivity contribution in [2.45, 2.75) is 118 Å². The van der Waals surface area contributed by atoms with Gasteiger partial charge in [0, 0.05) is 34.2 Å². The maximum Gasteiger partial charge on any atom is 0.305 e. The van der Waals surface area contributed by atoms with Crippen LogP contribution in [-0.4, -0.2) is 29.1 Å². The van der Waals surface area contributed by atoms with E-state index in [1.165, 1.54) is 7.11 Å². The number of hydrogen-bond acceptors (Lipinski definition) is 5. The Kier molecular flexibility index (Phi) is 8.58. The Balaban J connectivity index is 3.04. The topological polar surface area (TPSA) is 83.8 Å². The fourth-order valence-electron chi connectivity index (χ4n) is 4.88. The minimum Gasteiger partial charge on any atom is -0.507 e. The van der Waals surface area contributed by atoms with Crippen LogP contribution in [0.5, 0.6) is 11.5 Å². The first-order chi connectivity index (χ1) is 17.0. The number of carbonyl (C=O) groups is 2. The smallest absolute Gasteiger partial charge is 0.305 e. The third-order valence-corrected chi connectivity index (χ3v) is 6.98. The van der Waals surface area contributed by atoms with E-state index in [2.05, 4.69) is 0 Å². The van der Waals surface area contributed by atoms with Gasteiger partial charge in [-0.05, 0) is 51.3 Å². The lowest BCUT2D eigenvalue weighted by Crippen LogP contribution is -2.24. The van der Waals surface area contributed by atoms with Crippen LogP contribution in [0.2, 0.25) is 0 Å². The zero-order valence-corrected chi connectivity index (χ0v) is 25.8. The van der Waals surface area contributed by atoms with Gasteiger partial charge in [0.1, 0.15) is 11.5 Å². The summed E-state index contributed by atoms with van der Waals surface area (Å²) < 4.78 is 4.89. The molecule has 0 aliphatic carbocycles. The average molecular weight is 525 g/mol. The number of ether oxygens (including phenoxy) is 1. The monoisotopic (exact) mass is 524 g/mol. The number of phenolic OH excluding ortho intramolecular Hbond substituents is 2. The van der Waals surface area contributed by atoms with E-state index >= 15 is 0 Å². The van der Waals surface area contributed by atoms with Gasteiger partial charge in [-0.15, -0.1) is 0 Å². The third-order valence-electron chi connectivity index (χ3n) is 6.98. The fourth-order valence-corrected chi connectivity index (χ4v) is 4.88. The van der Waals surface area contributed by atoms with E-state index in [1.807, 2.05) is 89.2 Å². The standard InChI is InChI=1S/C33H48O5/c1-30(2,3)21-17-20(18-22(28(21)36)31(4,5)6)27(35)25-19(14-15-24(34)38-13)16-23(32(7,8)9)29(37)26(25)33(10,11)12/h16-18,36-37H,14-15H2,1-13H3. The molecule has 0 aromatic heterocycles. The van der Waals surface area contributed by atoms with Crippen molar-refractivity contribution in [3.63, 3.8) is 0 Å². The fraction of sp³-hybridized carbons (Fsp3) is 0.576. The van der Waals surface area contributed by atoms with Crippen LogP contribution in [-0.2, 0) is 37.6 Å². The lowest BCUT2D eigenvalue weighted by atomic mass is 9.73. The number of esters is 1. The molecule has 0 spiro atoms. The first-order valence-electron chi connectivity index (χ1n) is 13.4. The number of ketones is 1. The molecule has 2 rings (SSSR count). The van der Waals surface area contributed by atoms with Crippen molar-refractivity contribution >= 4 is 11.8 Å². The van der Waals surface area contributed by atoms with Crippen LogP contribution in [0.25, 0.3) is 0 Å². The number of methoxy groups -OCH3 is 1. The summed E-state index contributed by atoms with van der Waals surface area (Å²) in [5, 5.41) is 22.8. The molecule has 0 unspecified atom stereocenters. The average Bonchev–Trinajstić information content (AvgIpc) is 2.73. The summed E-state index contributed by atoms with van der Waals surface area (Å²) in [4.78, 5) is 26.7. The number of aromatic hydroxyl groups is 2. The molecular formula is C33H48O5. The maximum absolute atomic E-state index is 14.5. The van der Waals surface area contributed by atoms with E-state index in [4.69, 9.17) is 4.74 Å². The Morgan fingerprint density at radius 1 is 0.684 bits per heavy atom. The number of carbonyl (C=O) groups excluding carboxylic acids is 2. The second-order valence-corrected chi connectivity index (χ2v) is 14.5. The van der Waals surface area contributed by atoms with Gasteiger partial charge in [-0.2, -0.15) is 0 Å². The van der Waals surface area contributed by atoms with Gasteiger partial charge in [0.25, 0.3) is 0 Å². The summed E-state index contributed by atoms with van der Waals surface area (Å²) in [6.45, 7) is 24.0. The quantitative estimate of drug-likeness (QED) is 0.310. The van der Waals surface area contributed by atoms with Gasteiger partial charge in [-0.25, -0.2) is 0 Å². The summed E-state index contributed by atoms with van der Waals surface area (Å²) in [5.74, 6) is -0.280. The molecule has 0 amide bonds. The number of phenols is 2. The van der Waals surface area contributed by atoms with Gasteiger partial charge in [0.2, 0.25) is 0 Å². The minimum absolute atomic E-state index is 0.112. The van der Waals surface area contributed by atoms with Crippen LogP contribution < -0.4 is 0 Å². The van der Waals surface area contributed by atoms with Gasteiger partial charge in [0.15, 0.2) is 5.78 Å². The number of benzene rings is 2. The SMILES string of the molecule is COC(=O)CCc1cc(C(C)(C)C)c(O)c(C(C)(C)C)c1C(=O)c1cc(C(C)(C)C)c(O)c(C(C)(C)C)c1. The highest BCUT2D eigenvalue weighted by molar-refractivity contribution is 6.12. The Hall–Kier alpha value is -2.82. The second kappa shape index (κ2) is 10.4. The van der Waals surface area contributed by atoms with Gasteiger partial charge >= 0.3 is 5.97 Å². The zero-order chi connectivity index (χ0) is 29.6. The number of hydrogen-bond donors (Lipinski definition) is 2. The first-order valence-corrected chi connectivity index (χ1v) is 13.4. The van der Waals surface area contributed by atoms with Gasteiger partial charge in [-0.3, -0.25) is 9.59 Å². The molecule has 210 valence electrons. The predicted octanol–water partition coefficient (Wildman–Crippen LogP) is 7.62. The van der Waals surface area contributed by atoms with Crippen LogP contribution in [0, 0.1) is 0 Å². The van der Waals surface area contributed by atoms with Crippen LogP contribution >= 0.6 is 0 Å². The molecule has 0 heterocycles. The van der Waals surface area contributed by atoms with Crippen molar-refractivity contribution in [2.75, 3.05) is 7.11 Å². The summed E-state index contributed by atoms with van der Waals surface area (Å²) >= 11 is 0. The van der Waals surface area contributed by atoms with E-state index in [0.29, 0.717) is 39.8 Å². The summed E-state index contributed by atoms with van der Waals surface area (Å²) in [6, 6.07) is 5.42. The molecule has 0 saturated carbocycles. The lowest BCUT2D eigenvalue weighted by molar-refractivity contribution is -0.140. The van der Waals surface area contributed by atoms with E-state index in [1.54, 1.807) is 12.1 Å². The highest BCUT2D eigenvalue weighted by Gasteiger charge is 2.35. The molecule has 2 N–H and O–H groups in total. The molecule has 0 atom stereocenters. The van der Waals surface area contributed by atoms with E-state index in [9.17, 15) is 19.8 Å². The van der Waals surface area contributed by atoms with Crippen LogP contribution in [0.1, 0.15) is 133 Å². The normalized spacial score (nSPS) is 13.0. The van der Waals surface area contributed by atoms with Crippen molar-refractivity contribution < 1.29 is 24.5 Å². The third kappa shape index (κ3) is 6.59. The Labute approximate surface area is 229 Å². The van der Waals surface area contributed by atoms with E-state index in [0.717, 1.165) is 5.56 Å². The van der Waals surface area contributed by atoms with Crippen LogP contribution in [0.3, 0.4) is 0 Å². The van der Waals surface area contributed by atoms with Gasteiger partial charge in [-0.1, -0.05) is 89.2 Å². The highest BCUT2D eigenvalue weighted by atomic mass is 16.5. The Morgan fingerprint density at radius 3 is 1.47 bits per heavy atom. The van der Waals surface area contributed by atoms with Crippen molar-refractivity contribution in [3.8, 4) is 11.5 Å². The summed E-state index contributed by atoms with van der Waals surface area (Å²) in [5.41, 5.74) is 2.50. The molecule has 0 aliphatic rings. The summed E-state index contributed by atoms with van der Waals surface area (Å²) in [7, 11) is 1.35. The molecule has 38 heavy (non-hydrogen) atoms. The second-order valence-electron chi connectivity index (χ2n) is 14.5. The van der Waals surface area contributed by atoms with E-state index < -0.39 is 16.2 Å². The van der Waals surface area contributed by atoms with E-state index in [-0.39, 0.29) is 35.1 Å². The lowest BCUT2D eigenvalue weighted by Gasteiger charge is -2.32. The molecule has 0 fully saturated rings. The number of aryl methyl sites for hydroxylation is 1. The molecule has 5 heteroatoms. The molecule has 0 bridgehead atoms. The van der Waals surface area contributed by atoms with Crippen LogP contribution in [0.4, 0.5) is 0 Å².